The van der Waals surface area contributed by atoms with Crippen LogP contribution in [0.1, 0.15) is 13.3 Å². The van der Waals surface area contributed by atoms with Crippen LogP contribution < -0.4 is 5.32 Å². The Morgan fingerprint density at radius 3 is 2.87 bits per heavy atom. The molecule has 15 heavy (non-hydrogen) atoms. The Labute approximate surface area is 97.3 Å². The maximum absolute atomic E-state index is 5.50. The molecule has 0 saturated carbocycles. The molecule has 0 bridgehead atoms. The number of rotatable bonds is 8. The van der Waals surface area contributed by atoms with Crippen molar-refractivity contribution in [2.45, 2.75) is 19.4 Å². The Hall–Kier alpha value is 0.230. The molecule has 0 radical (unpaired) electrons. The molecule has 90 valence electrons. The van der Waals surface area contributed by atoms with Crippen molar-refractivity contribution >= 4 is 11.8 Å². The van der Waals surface area contributed by atoms with Crippen LogP contribution in [0.25, 0.3) is 0 Å². The highest BCUT2D eigenvalue weighted by Gasteiger charge is 2.26. The first-order valence-electron chi connectivity index (χ1n) is 5.76. The second kappa shape index (κ2) is 8.39. The van der Waals surface area contributed by atoms with Crippen molar-refractivity contribution in [3.63, 3.8) is 0 Å². The Balaban J connectivity index is 2.03. The zero-order chi connectivity index (χ0) is 10.9. The number of nitrogens with one attached hydrogen (secondary N) is 1. The van der Waals surface area contributed by atoms with Gasteiger partial charge in [0, 0.05) is 25.5 Å². The van der Waals surface area contributed by atoms with E-state index in [-0.39, 0.29) is 0 Å². The van der Waals surface area contributed by atoms with Crippen LogP contribution in [0.2, 0.25) is 0 Å². The highest BCUT2D eigenvalue weighted by atomic mass is 32.2. The van der Waals surface area contributed by atoms with Crippen molar-refractivity contribution in [2.24, 2.45) is 5.92 Å². The van der Waals surface area contributed by atoms with Crippen LogP contribution in [-0.4, -0.2) is 51.0 Å². The molecule has 2 atom stereocenters. The summed E-state index contributed by atoms with van der Waals surface area (Å²) in [6.45, 7) is 5.55. The summed E-state index contributed by atoms with van der Waals surface area (Å²) < 4.78 is 10.4. The minimum absolute atomic E-state index is 0.700. The van der Waals surface area contributed by atoms with Crippen molar-refractivity contribution in [3.05, 3.63) is 0 Å². The fourth-order valence-electron chi connectivity index (χ4n) is 1.85. The zero-order valence-corrected chi connectivity index (χ0v) is 10.6. The highest BCUT2D eigenvalue weighted by Crippen LogP contribution is 2.26. The van der Waals surface area contributed by atoms with Gasteiger partial charge in [-0.1, -0.05) is 6.92 Å². The molecule has 0 aliphatic carbocycles. The molecule has 1 saturated heterocycles. The summed E-state index contributed by atoms with van der Waals surface area (Å²) in [5, 5.41) is 3.55. The molecule has 1 fully saturated rings. The van der Waals surface area contributed by atoms with Crippen LogP contribution in [0, 0.1) is 5.92 Å². The van der Waals surface area contributed by atoms with Crippen LogP contribution in [0.3, 0.4) is 0 Å². The van der Waals surface area contributed by atoms with E-state index in [2.05, 4.69) is 24.0 Å². The quantitative estimate of drug-likeness (QED) is 0.642. The predicted molar refractivity (Wildman–Crippen MR) is 65.6 cm³/mol. The van der Waals surface area contributed by atoms with Gasteiger partial charge in [0.25, 0.3) is 0 Å². The molecule has 2 unspecified atom stereocenters. The van der Waals surface area contributed by atoms with Gasteiger partial charge in [-0.25, -0.2) is 0 Å². The van der Waals surface area contributed by atoms with Gasteiger partial charge in [0.1, 0.15) is 0 Å². The summed E-state index contributed by atoms with van der Waals surface area (Å²) in [4.78, 5) is 0. The van der Waals surface area contributed by atoms with E-state index < -0.39 is 0 Å². The van der Waals surface area contributed by atoms with Crippen LogP contribution in [0.5, 0.6) is 0 Å². The molecule has 1 heterocycles. The molecule has 3 nitrogen and oxygen atoms in total. The normalized spacial score (nSPS) is 26.0. The van der Waals surface area contributed by atoms with Gasteiger partial charge in [-0.05, 0) is 24.6 Å². The Morgan fingerprint density at radius 2 is 2.13 bits per heavy atom. The fraction of sp³-hybridized carbons (Fsp3) is 1.00. The van der Waals surface area contributed by atoms with Crippen molar-refractivity contribution in [1.29, 1.82) is 0 Å². The maximum Gasteiger partial charge on any atom is 0.0700 e. The lowest BCUT2D eigenvalue weighted by Crippen LogP contribution is -2.35. The van der Waals surface area contributed by atoms with E-state index in [4.69, 9.17) is 9.47 Å². The van der Waals surface area contributed by atoms with Crippen LogP contribution in [-0.2, 0) is 9.47 Å². The second-order valence-electron chi connectivity index (χ2n) is 3.86. The molecule has 4 heteroatoms. The maximum atomic E-state index is 5.50. The topological polar surface area (TPSA) is 30.5 Å². The molecule has 1 aliphatic rings. The van der Waals surface area contributed by atoms with Gasteiger partial charge >= 0.3 is 0 Å². The van der Waals surface area contributed by atoms with Crippen molar-refractivity contribution in [1.82, 2.24) is 5.32 Å². The monoisotopic (exact) mass is 233 g/mol. The van der Waals surface area contributed by atoms with E-state index >= 15 is 0 Å². The molecule has 0 aromatic heterocycles. The third-order valence-corrected chi connectivity index (χ3v) is 3.99. The minimum atomic E-state index is 0.700. The van der Waals surface area contributed by atoms with Gasteiger partial charge in [-0.2, -0.15) is 11.8 Å². The second-order valence-corrected chi connectivity index (χ2v) is 4.93. The minimum Gasteiger partial charge on any atom is -0.382 e. The molecule has 1 N–H and O–H groups in total. The summed E-state index contributed by atoms with van der Waals surface area (Å²) in [6, 6.07) is 0.700. The third-order valence-electron chi connectivity index (χ3n) is 2.73. The molecule has 0 aromatic carbocycles. The molecular weight excluding hydrogens is 210 g/mol. The first-order chi connectivity index (χ1) is 7.38. The highest BCUT2D eigenvalue weighted by molar-refractivity contribution is 7.99. The molecule has 0 amide bonds. The number of methoxy groups -OCH3 is 1. The van der Waals surface area contributed by atoms with E-state index in [1.807, 2.05) is 0 Å². The van der Waals surface area contributed by atoms with Crippen LogP contribution in [0.4, 0.5) is 0 Å². The first kappa shape index (κ1) is 13.3. The molecule has 1 rings (SSSR count). The SMILES string of the molecule is CCNC1CSCC1CCOCCOC. The van der Waals surface area contributed by atoms with Gasteiger partial charge in [0.2, 0.25) is 0 Å². The van der Waals surface area contributed by atoms with E-state index in [0.29, 0.717) is 12.6 Å². The Kier molecular flexibility index (Phi) is 7.44. The average molecular weight is 233 g/mol. The molecule has 1 aliphatic heterocycles. The van der Waals surface area contributed by atoms with Crippen LogP contribution >= 0.6 is 11.8 Å². The van der Waals surface area contributed by atoms with Crippen molar-refractivity contribution in [2.75, 3.05) is 45.0 Å². The molecule has 0 aromatic rings. The van der Waals surface area contributed by atoms with Gasteiger partial charge in [0.05, 0.1) is 13.2 Å². The number of hydrogen-bond donors (Lipinski definition) is 1. The summed E-state index contributed by atoms with van der Waals surface area (Å²) in [5.41, 5.74) is 0. The van der Waals surface area contributed by atoms with Gasteiger partial charge < -0.3 is 14.8 Å². The lowest BCUT2D eigenvalue weighted by molar-refractivity contribution is 0.0635. The largest absolute Gasteiger partial charge is 0.382 e. The van der Waals surface area contributed by atoms with Crippen LogP contribution in [0.15, 0.2) is 0 Å². The van der Waals surface area contributed by atoms with E-state index in [9.17, 15) is 0 Å². The van der Waals surface area contributed by atoms with Crippen molar-refractivity contribution in [3.8, 4) is 0 Å². The standard InChI is InChI=1S/C11H23NO2S/c1-3-12-11-9-15-8-10(11)4-5-14-7-6-13-2/h10-12H,3-9H2,1-2H3. The van der Waals surface area contributed by atoms with Gasteiger partial charge in [-0.15, -0.1) is 0 Å². The zero-order valence-electron chi connectivity index (χ0n) is 9.83. The first-order valence-corrected chi connectivity index (χ1v) is 6.91. The lowest BCUT2D eigenvalue weighted by atomic mass is 10.0. The fourth-order valence-corrected chi connectivity index (χ4v) is 3.33. The van der Waals surface area contributed by atoms with E-state index in [1.165, 1.54) is 17.9 Å². The summed E-state index contributed by atoms with van der Waals surface area (Å²) in [5.74, 6) is 3.33. The number of thioether (sulfide) groups is 1. The third kappa shape index (κ3) is 5.20. The Bertz CT molecular complexity index is 158. The predicted octanol–water partition coefficient (Wildman–Crippen LogP) is 1.38. The average Bonchev–Trinajstić information content (AvgIpc) is 2.66. The molecule has 0 spiro atoms. The summed E-state index contributed by atoms with van der Waals surface area (Å²) in [7, 11) is 1.71. The number of hydrogen-bond acceptors (Lipinski definition) is 4. The lowest BCUT2D eigenvalue weighted by Gasteiger charge is -2.19. The van der Waals surface area contributed by atoms with Gasteiger partial charge in [-0.3, -0.25) is 0 Å². The number of ether oxygens (including phenoxy) is 2. The summed E-state index contributed by atoms with van der Waals surface area (Å²) in [6.07, 6.45) is 1.17. The summed E-state index contributed by atoms with van der Waals surface area (Å²) >= 11 is 2.06. The molecular formula is C11H23NO2S. The Morgan fingerprint density at radius 1 is 1.27 bits per heavy atom. The van der Waals surface area contributed by atoms with Crippen molar-refractivity contribution < 1.29 is 9.47 Å². The van der Waals surface area contributed by atoms with Gasteiger partial charge in [0.15, 0.2) is 0 Å². The van der Waals surface area contributed by atoms with E-state index in [0.717, 1.165) is 25.7 Å². The van der Waals surface area contributed by atoms with E-state index in [1.54, 1.807) is 7.11 Å². The smallest absolute Gasteiger partial charge is 0.0700 e.